The molecule has 0 aliphatic rings. The highest BCUT2D eigenvalue weighted by atomic mass is 32.2. The molecule has 6 heteroatoms. The molecular weight excluding hydrogens is 260 g/mol. The minimum Gasteiger partial charge on any atom is -0.321 e. The van der Waals surface area contributed by atoms with Crippen molar-refractivity contribution >= 4 is 22.1 Å². The van der Waals surface area contributed by atoms with Crippen LogP contribution in [0.25, 0.3) is 22.7 Å². The average Bonchev–Trinajstić information content (AvgIpc) is 2.90. The number of rotatable bonds is 3. The maximum Gasteiger partial charge on any atom is 0.197 e. The topological polar surface area (TPSA) is 71.5 Å². The van der Waals surface area contributed by atoms with Crippen molar-refractivity contribution in [3.63, 3.8) is 0 Å². The molecule has 0 radical (unpaired) electrons. The van der Waals surface area contributed by atoms with Gasteiger partial charge in [-0.3, -0.25) is 4.21 Å². The van der Waals surface area contributed by atoms with Crippen LogP contribution in [-0.2, 0) is 10.8 Å². The summed E-state index contributed by atoms with van der Waals surface area (Å²) in [5, 5.41) is 0. The molecule has 0 bridgehead atoms. The van der Waals surface area contributed by atoms with E-state index in [1.54, 1.807) is 12.4 Å². The summed E-state index contributed by atoms with van der Waals surface area (Å²) in [5.41, 5.74) is 2.19. The largest absolute Gasteiger partial charge is 0.321 e. The summed E-state index contributed by atoms with van der Waals surface area (Å²) in [6.07, 6.45) is 3.23. The lowest BCUT2D eigenvalue weighted by molar-refractivity contribution is 0.684. The molecule has 0 amide bonds. The summed E-state index contributed by atoms with van der Waals surface area (Å²) >= 11 is 0. The van der Waals surface area contributed by atoms with E-state index >= 15 is 0 Å². The summed E-state index contributed by atoms with van der Waals surface area (Å²) in [6.45, 7) is 1.90. The molecule has 0 fully saturated rings. The van der Waals surface area contributed by atoms with E-state index in [2.05, 4.69) is 19.9 Å². The van der Waals surface area contributed by atoms with Gasteiger partial charge in [0.15, 0.2) is 11.3 Å². The van der Waals surface area contributed by atoms with Gasteiger partial charge in [0.25, 0.3) is 0 Å². The van der Waals surface area contributed by atoms with Crippen LogP contribution in [0.5, 0.6) is 0 Å². The van der Waals surface area contributed by atoms with Crippen molar-refractivity contribution in [2.24, 2.45) is 0 Å². The molecule has 0 aliphatic heterocycles. The monoisotopic (exact) mass is 272 g/mol. The Labute approximate surface area is 112 Å². The number of aromatic nitrogens is 4. The number of nitrogens with one attached hydrogen (secondary N) is 1. The van der Waals surface area contributed by atoms with Crippen molar-refractivity contribution in [3.8, 4) is 11.4 Å². The third-order valence-electron chi connectivity index (χ3n) is 2.79. The Balaban J connectivity index is 1.99. The Morgan fingerprint density at radius 1 is 1.16 bits per heavy atom. The van der Waals surface area contributed by atoms with Gasteiger partial charge in [-0.1, -0.05) is 19.1 Å². The molecule has 1 unspecified atom stereocenters. The highest BCUT2D eigenvalue weighted by molar-refractivity contribution is 7.85. The summed E-state index contributed by atoms with van der Waals surface area (Å²) in [6, 6.07) is 7.53. The summed E-state index contributed by atoms with van der Waals surface area (Å²) in [5.74, 6) is 1.34. The lowest BCUT2D eigenvalue weighted by atomic mass is 10.2. The molecule has 0 saturated carbocycles. The van der Waals surface area contributed by atoms with Crippen LogP contribution in [0, 0.1) is 0 Å². The predicted molar refractivity (Wildman–Crippen MR) is 74.1 cm³/mol. The van der Waals surface area contributed by atoms with Gasteiger partial charge in [0, 0.05) is 28.6 Å². The van der Waals surface area contributed by atoms with Gasteiger partial charge in [-0.25, -0.2) is 15.0 Å². The zero-order chi connectivity index (χ0) is 13.2. The van der Waals surface area contributed by atoms with Crippen molar-refractivity contribution < 1.29 is 4.21 Å². The van der Waals surface area contributed by atoms with Gasteiger partial charge in [0.2, 0.25) is 0 Å². The van der Waals surface area contributed by atoms with Crippen molar-refractivity contribution in [1.82, 2.24) is 19.9 Å². The Kier molecular flexibility index (Phi) is 3.08. The van der Waals surface area contributed by atoms with E-state index in [4.69, 9.17) is 0 Å². The first-order valence-corrected chi connectivity index (χ1v) is 7.25. The van der Waals surface area contributed by atoms with Gasteiger partial charge in [0.1, 0.15) is 5.82 Å². The standard InChI is InChI=1S/C13H12N4OS/c1-2-19(18)10-5-3-9(4-6-10)11-16-12-13(17-11)15-8-7-14-12/h3-8H,2H2,1H3,(H,14,15,16,17). The molecule has 3 rings (SSSR count). The minimum absolute atomic E-state index is 0.596. The average molecular weight is 272 g/mol. The molecule has 2 aromatic heterocycles. The zero-order valence-electron chi connectivity index (χ0n) is 10.3. The van der Waals surface area contributed by atoms with E-state index < -0.39 is 10.8 Å². The fraction of sp³-hybridized carbons (Fsp3) is 0.154. The van der Waals surface area contributed by atoms with Gasteiger partial charge in [0.05, 0.1) is 10.8 Å². The van der Waals surface area contributed by atoms with Crippen LogP contribution in [0.15, 0.2) is 41.6 Å². The highest BCUT2D eigenvalue weighted by Gasteiger charge is 2.07. The molecule has 2 heterocycles. The molecule has 0 saturated heterocycles. The third-order valence-corrected chi connectivity index (χ3v) is 4.11. The first-order chi connectivity index (χ1) is 9.28. The van der Waals surface area contributed by atoms with Crippen molar-refractivity contribution in [2.45, 2.75) is 11.8 Å². The van der Waals surface area contributed by atoms with E-state index in [-0.39, 0.29) is 0 Å². The van der Waals surface area contributed by atoms with Crippen LogP contribution >= 0.6 is 0 Å². The maximum atomic E-state index is 11.7. The normalized spacial score (nSPS) is 12.7. The molecule has 19 heavy (non-hydrogen) atoms. The quantitative estimate of drug-likeness (QED) is 0.793. The van der Waals surface area contributed by atoms with Crippen molar-refractivity contribution in [1.29, 1.82) is 0 Å². The van der Waals surface area contributed by atoms with Gasteiger partial charge in [-0.15, -0.1) is 0 Å². The Morgan fingerprint density at radius 2 is 1.89 bits per heavy atom. The highest BCUT2D eigenvalue weighted by Crippen LogP contribution is 2.19. The van der Waals surface area contributed by atoms with Crippen molar-refractivity contribution in [3.05, 3.63) is 36.7 Å². The van der Waals surface area contributed by atoms with E-state index in [1.807, 2.05) is 31.2 Å². The number of hydrogen-bond donors (Lipinski definition) is 1. The lowest BCUT2D eigenvalue weighted by Gasteiger charge is -2.00. The van der Waals surface area contributed by atoms with Gasteiger partial charge < -0.3 is 4.98 Å². The van der Waals surface area contributed by atoms with E-state index in [0.29, 0.717) is 17.0 Å². The van der Waals surface area contributed by atoms with Gasteiger partial charge >= 0.3 is 0 Å². The molecule has 1 atom stereocenters. The second kappa shape index (κ2) is 4.89. The smallest absolute Gasteiger partial charge is 0.197 e. The van der Waals surface area contributed by atoms with E-state index in [1.165, 1.54) is 0 Å². The molecular formula is C13H12N4OS. The second-order valence-corrected chi connectivity index (χ2v) is 5.71. The molecule has 0 spiro atoms. The van der Waals surface area contributed by atoms with Crippen LogP contribution in [0.2, 0.25) is 0 Å². The van der Waals surface area contributed by atoms with Gasteiger partial charge in [-0.05, 0) is 12.1 Å². The summed E-state index contributed by atoms with van der Waals surface area (Å²) < 4.78 is 11.7. The fourth-order valence-electron chi connectivity index (χ4n) is 1.81. The predicted octanol–water partition coefficient (Wildman–Crippen LogP) is 2.15. The Bertz CT molecular complexity index is 703. The SMILES string of the molecule is CCS(=O)c1ccc(-c2nc3nccnc3[nH]2)cc1. The Hall–Kier alpha value is -2.08. The van der Waals surface area contributed by atoms with Crippen LogP contribution in [0.3, 0.4) is 0 Å². The van der Waals surface area contributed by atoms with Crippen LogP contribution in [0.1, 0.15) is 6.92 Å². The van der Waals surface area contributed by atoms with E-state index in [0.717, 1.165) is 16.3 Å². The van der Waals surface area contributed by atoms with Crippen LogP contribution in [0.4, 0.5) is 0 Å². The maximum absolute atomic E-state index is 11.7. The van der Waals surface area contributed by atoms with Crippen LogP contribution in [-0.4, -0.2) is 29.9 Å². The molecule has 0 aliphatic carbocycles. The first-order valence-electron chi connectivity index (χ1n) is 5.93. The lowest BCUT2D eigenvalue weighted by Crippen LogP contribution is -1.93. The van der Waals surface area contributed by atoms with Gasteiger partial charge in [-0.2, -0.15) is 0 Å². The first kappa shape index (κ1) is 12.0. The Morgan fingerprint density at radius 3 is 2.58 bits per heavy atom. The second-order valence-electron chi connectivity index (χ2n) is 3.97. The number of hydrogen-bond acceptors (Lipinski definition) is 4. The third kappa shape index (κ3) is 2.26. The van der Waals surface area contributed by atoms with E-state index in [9.17, 15) is 4.21 Å². The number of benzene rings is 1. The fourth-order valence-corrected chi connectivity index (χ4v) is 2.59. The molecule has 96 valence electrons. The molecule has 1 aromatic carbocycles. The molecule has 3 aromatic rings. The number of H-pyrrole nitrogens is 1. The summed E-state index contributed by atoms with van der Waals surface area (Å²) in [4.78, 5) is 16.6. The van der Waals surface area contributed by atoms with Crippen LogP contribution < -0.4 is 0 Å². The molecule has 1 N–H and O–H groups in total. The number of aromatic amines is 1. The van der Waals surface area contributed by atoms with Crippen molar-refractivity contribution in [2.75, 3.05) is 5.75 Å². The number of nitrogens with zero attached hydrogens (tertiary/aromatic N) is 3. The minimum atomic E-state index is -0.925. The number of imidazole rings is 1. The summed E-state index contributed by atoms with van der Waals surface area (Å²) in [7, 11) is -0.925. The molecule has 5 nitrogen and oxygen atoms in total. The zero-order valence-corrected chi connectivity index (χ0v) is 11.1. The number of fused-ring (bicyclic) bond motifs is 1.